The number of unbranched alkanes of at least 4 members (excludes halogenated alkanes) is 1. The van der Waals surface area contributed by atoms with Gasteiger partial charge in [-0.2, -0.15) is 0 Å². The number of nitrogens with two attached hydrogens (primary N) is 1. The van der Waals surface area contributed by atoms with Crippen LogP contribution in [0.2, 0.25) is 0 Å². The molecular formula is C14H20N4. The first kappa shape index (κ1) is 12.8. The van der Waals surface area contributed by atoms with Gasteiger partial charge in [-0.3, -0.25) is 0 Å². The Kier molecular flexibility index (Phi) is 4.10. The van der Waals surface area contributed by atoms with Crippen molar-refractivity contribution in [3.05, 3.63) is 41.2 Å². The summed E-state index contributed by atoms with van der Waals surface area (Å²) in [4.78, 5) is 0. The molecule has 0 fully saturated rings. The molecule has 1 aromatic carbocycles. The van der Waals surface area contributed by atoms with E-state index in [1.165, 1.54) is 11.1 Å². The fourth-order valence-corrected chi connectivity index (χ4v) is 1.86. The maximum Gasteiger partial charge on any atom is 0.0831 e. The Morgan fingerprint density at radius 1 is 1.17 bits per heavy atom. The van der Waals surface area contributed by atoms with Crippen LogP contribution in [0.5, 0.6) is 0 Å². The average Bonchev–Trinajstić information content (AvgIpc) is 2.82. The maximum atomic E-state index is 5.48. The first-order chi connectivity index (χ1) is 8.70. The molecule has 0 aliphatic carbocycles. The molecule has 18 heavy (non-hydrogen) atoms. The lowest BCUT2D eigenvalue weighted by Gasteiger charge is -2.03. The van der Waals surface area contributed by atoms with Crippen molar-refractivity contribution < 1.29 is 0 Å². The second-order valence-corrected chi connectivity index (χ2v) is 4.67. The number of nitrogens with zero attached hydrogens (tertiary/aromatic N) is 3. The first-order valence-corrected chi connectivity index (χ1v) is 6.39. The summed E-state index contributed by atoms with van der Waals surface area (Å²) in [5.74, 6) is 0. The Morgan fingerprint density at radius 2 is 2.00 bits per heavy atom. The number of hydrogen-bond donors (Lipinski definition) is 1. The van der Waals surface area contributed by atoms with Crippen molar-refractivity contribution in [2.24, 2.45) is 5.73 Å². The highest BCUT2D eigenvalue weighted by atomic mass is 15.4. The Bertz CT molecular complexity index is 516. The van der Waals surface area contributed by atoms with Crippen LogP contribution in [-0.4, -0.2) is 21.5 Å². The Morgan fingerprint density at radius 3 is 2.72 bits per heavy atom. The molecule has 4 nitrogen and oxygen atoms in total. The predicted molar refractivity (Wildman–Crippen MR) is 72.8 cm³/mol. The minimum Gasteiger partial charge on any atom is -0.330 e. The van der Waals surface area contributed by atoms with Crippen LogP contribution in [0, 0.1) is 13.8 Å². The SMILES string of the molecule is Cc1ccc(-n2cc(CCCCN)nn2)cc1C. The molecule has 2 N–H and O–H groups in total. The van der Waals surface area contributed by atoms with Gasteiger partial charge in [0.25, 0.3) is 0 Å². The summed E-state index contributed by atoms with van der Waals surface area (Å²) in [5, 5.41) is 8.36. The van der Waals surface area contributed by atoms with Crippen molar-refractivity contribution in [1.82, 2.24) is 15.0 Å². The highest BCUT2D eigenvalue weighted by molar-refractivity contribution is 5.38. The fourth-order valence-electron chi connectivity index (χ4n) is 1.86. The Labute approximate surface area is 108 Å². The van der Waals surface area contributed by atoms with E-state index in [1.807, 2.05) is 10.9 Å². The van der Waals surface area contributed by atoms with E-state index < -0.39 is 0 Å². The van der Waals surface area contributed by atoms with Crippen LogP contribution in [-0.2, 0) is 6.42 Å². The molecule has 1 aromatic heterocycles. The highest BCUT2D eigenvalue weighted by Crippen LogP contribution is 2.13. The zero-order valence-electron chi connectivity index (χ0n) is 11.1. The summed E-state index contributed by atoms with van der Waals surface area (Å²) >= 11 is 0. The Hall–Kier alpha value is -1.68. The highest BCUT2D eigenvalue weighted by Gasteiger charge is 2.03. The first-order valence-electron chi connectivity index (χ1n) is 6.39. The third kappa shape index (κ3) is 2.96. The summed E-state index contributed by atoms with van der Waals surface area (Å²) in [6, 6.07) is 6.31. The number of aryl methyl sites for hydroxylation is 3. The molecule has 96 valence electrons. The van der Waals surface area contributed by atoms with Crippen LogP contribution in [0.25, 0.3) is 5.69 Å². The van der Waals surface area contributed by atoms with Crippen LogP contribution in [0.3, 0.4) is 0 Å². The minimum atomic E-state index is 0.741. The quantitative estimate of drug-likeness (QED) is 0.820. The van der Waals surface area contributed by atoms with Crippen LogP contribution in [0.1, 0.15) is 29.7 Å². The molecule has 0 aliphatic rings. The van der Waals surface area contributed by atoms with Gasteiger partial charge in [0.1, 0.15) is 0 Å². The summed E-state index contributed by atoms with van der Waals surface area (Å²) in [7, 11) is 0. The molecule has 0 unspecified atom stereocenters. The van der Waals surface area contributed by atoms with Gasteiger partial charge in [-0.1, -0.05) is 11.3 Å². The number of benzene rings is 1. The maximum absolute atomic E-state index is 5.48. The molecule has 0 bridgehead atoms. The summed E-state index contributed by atoms with van der Waals surface area (Å²) in [5.41, 5.74) is 10.1. The molecule has 0 spiro atoms. The van der Waals surface area contributed by atoms with Crippen molar-refractivity contribution in [2.45, 2.75) is 33.1 Å². The van der Waals surface area contributed by atoms with E-state index in [0.29, 0.717) is 0 Å². The molecule has 0 saturated heterocycles. The predicted octanol–water partition coefficient (Wildman–Crippen LogP) is 2.17. The van der Waals surface area contributed by atoms with Gasteiger partial charge in [-0.15, -0.1) is 5.10 Å². The zero-order valence-corrected chi connectivity index (χ0v) is 11.1. The molecule has 0 radical (unpaired) electrons. The van der Waals surface area contributed by atoms with Gasteiger partial charge in [-0.05, 0) is 62.9 Å². The van der Waals surface area contributed by atoms with Crippen LogP contribution >= 0.6 is 0 Å². The average molecular weight is 244 g/mol. The zero-order chi connectivity index (χ0) is 13.0. The molecule has 1 heterocycles. The van der Waals surface area contributed by atoms with E-state index in [0.717, 1.165) is 37.2 Å². The van der Waals surface area contributed by atoms with Gasteiger partial charge in [0.05, 0.1) is 17.6 Å². The van der Waals surface area contributed by atoms with Gasteiger partial charge in [0, 0.05) is 0 Å². The van der Waals surface area contributed by atoms with Gasteiger partial charge in [0.2, 0.25) is 0 Å². The lowest BCUT2D eigenvalue weighted by atomic mass is 10.1. The smallest absolute Gasteiger partial charge is 0.0831 e. The third-order valence-electron chi connectivity index (χ3n) is 3.18. The van der Waals surface area contributed by atoms with E-state index in [1.54, 1.807) is 0 Å². The van der Waals surface area contributed by atoms with Crippen LogP contribution in [0.4, 0.5) is 0 Å². The third-order valence-corrected chi connectivity index (χ3v) is 3.18. The Balaban J connectivity index is 2.11. The van der Waals surface area contributed by atoms with Crippen molar-refractivity contribution in [3.8, 4) is 5.69 Å². The molecule has 0 amide bonds. The van der Waals surface area contributed by atoms with Crippen LogP contribution < -0.4 is 5.73 Å². The van der Waals surface area contributed by atoms with Gasteiger partial charge in [0.15, 0.2) is 0 Å². The van der Waals surface area contributed by atoms with Gasteiger partial charge < -0.3 is 5.73 Å². The fraction of sp³-hybridized carbons (Fsp3) is 0.429. The summed E-state index contributed by atoms with van der Waals surface area (Å²) in [6.45, 7) is 4.96. The number of rotatable bonds is 5. The molecule has 0 atom stereocenters. The van der Waals surface area contributed by atoms with Gasteiger partial charge >= 0.3 is 0 Å². The topological polar surface area (TPSA) is 56.7 Å². The van der Waals surface area contributed by atoms with E-state index in [-0.39, 0.29) is 0 Å². The summed E-state index contributed by atoms with van der Waals surface area (Å²) < 4.78 is 1.84. The standard InChI is InChI=1S/C14H20N4/c1-11-6-7-14(9-12(11)2)18-10-13(16-17-18)5-3-4-8-15/h6-7,9-10H,3-5,8,15H2,1-2H3. The lowest BCUT2D eigenvalue weighted by Crippen LogP contribution is -1.99. The monoisotopic (exact) mass is 244 g/mol. The van der Waals surface area contributed by atoms with Crippen molar-refractivity contribution >= 4 is 0 Å². The number of aromatic nitrogens is 3. The second-order valence-electron chi connectivity index (χ2n) is 4.67. The van der Waals surface area contributed by atoms with Crippen LogP contribution in [0.15, 0.2) is 24.4 Å². The minimum absolute atomic E-state index is 0.741. The number of hydrogen-bond acceptors (Lipinski definition) is 3. The largest absolute Gasteiger partial charge is 0.330 e. The summed E-state index contributed by atoms with van der Waals surface area (Å²) in [6.07, 6.45) is 5.06. The van der Waals surface area contributed by atoms with E-state index in [2.05, 4.69) is 42.4 Å². The van der Waals surface area contributed by atoms with E-state index in [9.17, 15) is 0 Å². The molecule has 0 saturated carbocycles. The molecule has 2 rings (SSSR count). The van der Waals surface area contributed by atoms with Crippen molar-refractivity contribution in [3.63, 3.8) is 0 Å². The molecule has 0 aliphatic heterocycles. The van der Waals surface area contributed by atoms with Crippen molar-refractivity contribution in [2.75, 3.05) is 6.54 Å². The molecular weight excluding hydrogens is 224 g/mol. The van der Waals surface area contributed by atoms with Crippen molar-refractivity contribution in [1.29, 1.82) is 0 Å². The molecule has 4 heteroatoms. The van der Waals surface area contributed by atoms with E-state index in [4.69, 9.17) is 5.73 Å². The second kappa shape index (κ2) is 5.78. The normalized spacial score (nSPS) is 10.8. The van der Waals surface area contributed by atoms with E-state index >= 15 is 0 Å². The lowest BCUT2D eigenvalue weighted by molar-refractivity contribution is 0.727. The van der Waals surface area contributed by atoms with Gasteiger partial charge in [-0.25, -0.2) is 4.68 Å². The molecule has 2 aromatic rings.